The van der Waals surface area contributed by atoms with Crippen LogP contribution in [0.5, 0.6) is 5.75 Å². The van der Waals surface area contributed by atoms with Gasteiger partial charge >= 0.3 is 0 Å². The number of rotatable bonds is 2. The van der Waals surface area contributed by atoms with E-state index in [0.717, 1.165) is 11.3 Å². The van der Waals surface area contributed by atoms with Crippen molar-refractivity contribution in [2.75, 3.05) is 13.2 Å². The van der Waals surface area contributed by atoms with E-state index in [1.165, 1.54) is 4.31 Å². The molecule has 0 bridgehead atoms. The molecule has 0 saturated heterocycles. The van der Waals surface area contributed by atoms with Crippen LogP contribution in [0.1, 0.15) is 19.4 Å². The third-order valence-electron chi connectivity index (χ3n) is 2.87. The minimum Gasteiger partial charge on any atom is -0.492 e. The molecule has 1 aromatic rings. The molecule has 0 saturated carbocycles. The molecular formula is C12H17NO3S. The summed E-state index contributed by atoms with van der Waals surface area (Å²) in [5.41, 5.74) is 0.925. The zero-order chi connectivity index (χ0) is 12.5. The largest absolute Gasteiger partial charge is 0.492 e. The van der Waals surface area contributed by atoms with Crippen LogP contribution in [0.3, 0.4) is 0 Å². The Morgan fingerprint density at radius 2 is 2.00 bits per heavy atom. The van der Waals surface area contributed by atoms with Gasteiger partial charge in [0.15, 0.2) is 0 Å². The molecule has 0 unspecified atom stereocenters. The first-order valence-electron chi connectivity index (χ1n) is 5.71. The van der Waals surface area contributed by atoms with Crippen LogP contribution >= 0.6 is 0 Å². The molecule has 0 aromatic heterocycles. The van der Waals surface area contributed by atoms with Gasteiger partial charge in [0.05, 0.1) is 5.25 Å². The highest BCUT2D eigenvalue weighted by atomic mass is 32.2. The van der Waals surface area contributed by atoms with Gasteiger partial charge in [-0.2, -0.15) is 4.31 Å². The fraction of sp³-hybridized carbons (Fsp3) is 0.500. The first-order valence-corrected chi connectivity index (χ1v) is 7.22. The lowest BCUT2D eigenvalue weighted by atomic mass is 10.2. The first-order chi connectivity index (χ1) is 8.01. The summed E-state index contributed by atoms with van der Waals surface area (Å²) in [6.07, 6.45) is 0. The van der Waals surface area contributed by atoms with Crippen molar-refractivity contribution in [1.82, 2.24) is 4.31 Å². The Balaban J connectivity index is 2.31. The van der Waals surface area contributed by atoms with Gasteiger partial charge in [-0.3, -0.25) is 0 Å². The minimum atomic E-state index is -3.21. The molecule has 0 aliphatic carbocycles. The zero-order valence-corrected chi connectivity index (χ0v) is 10.9. The maximum absolute atomic E-state index is 12.1. The highest BCUT2D eigenvalue weighted by Gasteiger charge is 2.28. The van der Waals surface area contributed by atoms with Gasteiger partial charge in [-0.1, -0.05) is 18.2 Å². The molecule has 94 valence electrons. The lowest BCUT2D eigenvalue weighted by Gasteiger charge is -2.21. The summed E-state index contributed by atoms with van der Waals surface area (Å²) < 4.78 is 31.3. The van der Waals surface area contributed by atoms with Gasteiger partial charge in [0.1, 0.15) is 12.4 Å². The number of fused-ring (bicyclic) bond motifs is 1. The van der Waals surface area contributed by atoms with Crippen molar-refractivity contribution >= 4 is 10.0 Å². The summed E-state index contributed by atoms with van der Waals surface area (Å²) in [6, 6.07) is 7.57. The smallest absolute Gasteiger partial charge is 0.216 e. The molecule has 1 aromatic carbocycles. The zero-order valence-electron chi connectivity index (χ0n) is 10.1. The van der Waals surface area contributed by atoms with Crippen LogP contribution in [0, 0.1) is 0 Å². The molecule has 0 fully saturated rings. The van der Waals surface area contributed by atoms with Gasteiger partial charge in [0, 0.05) is 18.7 Å². The van der Waals surface area contributed by atoms with Gasteiger partial charge < -0.3 is 4.74 Å². The van der Waals surface area contributed by atoms with Crippen LogP contribution < -0.4 is 4.74 Å². The number of sulfonamides is 1. The second-order valence-electron chi connectivity index (χ2n) is 4.38. The number of hydrogen-bond acceptors (Lipinski definition) is 3. The van der Waals surface area contributed by atoms with Crippen LogP contribution in [0.4, 0.5) is 0 Å². The standard InChI is InChI=1S/C12H17NO3S/c1-10(2)17(14,15)13-7-8-16-12-6-4-3-5-11(12)9-13/h3-6,10H,7-9H2,1-2H3. The maximum atomic E-state index is 12.1. The predicted molar refractivity (Wildman–Crippen MR) is 66.4 cm³/mol. The van der Waals surface area contributed by atoms with Crippen molar-refractivity contribution in [3.05, 3.63) is 29.8 Å². The number of para-hydroxylation sites is 1. The molecule has 0 amide bonds. The summed E-state index contributed by atoms with van der Waals surface area (Å²) in [5, 5.41) is -0.396. The second kappa shape index (κ2) is 4.66. The van der Waals surface area contributed by atoms with Crippen LogP contribution in [-0.4, -0.2) is 31.1 Å². The van der Waals surface area contributed by atoms with Gasteiger partial charge in [0.25, 0.3) is 0 Å². The molecule has 1 aliphatic heterocycles. The van der Waals surface area contributed by atoms with Gasteiger partial charge in [-0.15, -0.1) is 0 Å². The van der Waals surface area contributed by atoms with Crippen molar-refractivity contribution in [3.8, 4) is 5.75 Å². The van der Waals surface area contributed by atoms with Crippen molar-refractivity contribution < 1.29 is 13.2 Å². The number of benzene rings is 1. The quantitative estimate of drug-likeness (QED) is 0.806. The van der Waals surface area contributed by atoms with Crippen molar-refractivity contribution in [2.45, 2.75) is 25.6 Å². The average Bonchev–Trinajstić information content (AvgIpc) is 2.50. The summed E-state index contributed by atoms with van der Waals surface area (Å²) in [4.78, 5) is 0. The van der Waals surface area contributed by atoms with Gasteiger partial charge in [-0.05, 0) is 19.9 Å². The minimum absolute atomic E-state index is 0.396. The van der Waals surface area contributed by atoms with Crippen LogP contribution in [0.25, 0.3) is 0 Å². The number of hydrogen-bond donors (Lipinski definition) is 0. The monoisotopic (exact) mass is 255 g/mol. The average molecular weight is 255 g/mol. The Hall–Kier alpha value is -1.07. The Labute approximate surface area is 102 Å². The van der Waals surface area contributed by atoms with E-state index in [4.69, 9.17) is 4.74 Å². The fourth-order valence-corrected chi connectivity index (χ4v) is 3.06. The SMILES string of the molecule is CC(C)S(=O)(=O)N1CCOc2ccccc2C1. The van der Waals surface area contributed by atoms with Gasteiger partial charge in [0.2, 0.25) is 10.0 Å². The van der Waals surface area contributed by atoms with E-state index < -0.39 is 15.3 Å². The second-order valence-corrected chi connectivity index (χ2v) is 6.87. The van der Waals surface area contributed by atoms with E-state index in [2.05, 4.69) is 0 Å². The molecule has 0 N–H and O–H groups in total. The van der Waals surface area contributed by atoms with E-state index in [9.17, 15) is 8.42 Å². The highest BCUT2D eigenvalue weighted by Crippen LogP contribution is 2.24. The number of nitrogens with zero attached hydrogens (tertiary/aromatic N) is 1. The van der Waals surface area contributed by atoms with Crippen molar-refractivity contribution in [2.24, 2.45) is 0 Å². The maximum Gasteiger partial charge on any atom is 0.216 e. The normalized spacial score (nSPS) is 17.4. The molecule has 1 aliphatic rings. The molecule has 5 heteroatoms. The Morgan fingerprint density at radius 1 is 1.29 bits per heavy atom. The molecule has 2 rings (SSSR count). The van der Waals surface area contributed by atoms with E-state index in [1.54, 1.807) is 13.8 Å². The first kappa shape index (κ1) is 12.4. The molecule has 17 heavy (non-hydrogen) atoms. The molecule has 0 radical (unpaired) electrons. The van der Waals surface area contributed by atoms with Crippen molar-refractivity contribution in [1.29, 1.82) is 0 Å². The van der Waals surface area contributed by atoms with E-state index in [1.807, 2.05) is 24.3 Å². The summed E-state index contributed by atoms with van der Waals surface area (Å²) in [5.74, 6) is 0.786. The lowest BCUT2D eigenvalue weighted by Crippen LogP contribution is -2.37. The van der Waals surface area contributed by atoms with Crippen LogP contribution in [0.15, 0.2) is 24.3 Å². The van der Waals surface area contributed by atoms with E-state index in [0.29, 0.717) is 19.7 Å². The summed E-state index contributed by atoms with van der Waals surface area (Å²) in [7, 11) is -3.21. The highest BCUT2D eigenvalue weighted by molar-refractivity contribution is 7.89. The third kappa shape index (κ3) is 2.45. The Bertz CT molecular complexity index is 496. The van der Waals surface area contributed by atoms with Crippen molar-refractivity contribution in [3.63, 3.8) is 0 Å². The fourth-order valence-electron chi connectivity index (χ4n) is 1.82. The molecule has 1 heterocycles. The topological polar surface area (TPSA) is 46.6 Å². The molecule has 0 atom stereocenters. The molecule has 4 nitrogen and oxygen atoms in total. The third-order valence-corrected chi connectivity index (χ3v) is 5.10. The van der Waals surface area contributed by atoms with Crippen LogP contribution in [0.2, 0.25) is 0 Å². The van der Waals surface area contributed by atoms with E-state index >= 15 is 0 Å². The van der Waals surface area contributed by atoms with Gasteiger partial charge in [-0.25, -0.2) is 8.42 Å². The lowest BCUT2D eigenvalue weighted by molar-refractivity contribution is 0.292. The Kier molecular flexibility index (Phi) is 3.40. The Morgan fingerprint density at radius 3 is 2.71 bits per heavy atom. The summed E-state index contributed by atoms with van der Waals surface area (Å²) in [6.45, 7) is 4.62. The molecule has 0 spiro atoms. The van der Waals surface area contributed by atoms with E-state index in [-0.39, 0.29) is 0 Å². The van der Waals surface area contributed by atoms with Crippen LogP contribution in [-0.2, 0) is 16.6 Å². The summed E-state index contributed by atoms with van der Waals surface area (Å²) >= 11 is 0. The number of ether oxygens (including phenoxy) is 1. The predicted octanol–water partition coefficient (Wildman–Crippen LogP) is 1.62. The molecular weight excluding hydrogens is 238 g/mol.